The molecule has 1 aromatic rings. The Morgan fingerprint density at radius 2 is 2.00 bits per heavy atom. The van der Waals surface area contributed by atoms with Crippen molar-refractivity contribution >= 4 is 10.8 Å². The van der Waals surface area contributed by atoms with Gasteiger partial charge < -0.3 is 5.32 Å². The largest absolute Gasteiger partial charge is 0.309 e. The molecule has 0 saturated heterocycles. The fourth-order valence-electron chi connectivity index (χ4n) is 2.22. The maximum atomic E-state index is 12.0. The van der Waals surface area contributed by atoms with Crippen molar-refractivity contribution in [1.29, 1.82) is 0 Å². The minimum Gasteiger partial charge on any atom is -0.309 e. The predicted molar refractivity (Wildman–Crippen MR) is 80.5 cm³/mol. The number of benzene rings is 1. The summed E-state index contributed by atoms with van der Waals surface area (Å²) in [7, 11) is -0.728. The van der Waals surface area contributed by atoms with E-state index in [1.165, 1.54) is 16.7 Å². The molecule has 3 heteroatoms. The molecule has 2 nitrogen and oxygen atoms in total. The first kappa shape index (κ1) is 15.4. The van der Waals surface area contributed by atoms with E-state index < -0.39 is 10.8 Å². The van der Waals surface area contributed by atoms with E-state index in [1.54, 1.807) is 0 Å². The smallest absolute Gasteiger partial charge is 0.0439 e. The lowest BCUT2D eigenvalue weighted by atomic mass is 10.0. The van der Waals surface area contributed by atoms with Crippen molar-refractivity contribution < 1.29 is 4.21 Å². The van der Waals surface area contributed by atoms with Gasteiger partial charge in [-0.05, 0) is 37.9 Å². The summed E-state index contributed by atoms with van der Waals surface area (Å²) in [6, 6.07) is 6.71. The lowest BCUT2D eigenvalue weighted by Gasteiger charge is -2.20. The molecule has 0 bridgehead atoms. The maximum absolute atomic E-state index is 12.0. The zero-order valence-electron chi connectivity index (χ0n) is 12.0. The summed E-state index contributed by atoms with van der Waals surface area (Å²) in [5, 5.41) is 3.46. The quantitative estimate of drug-likeness (QED) is 0.822. The van der Waals surface area contributed by atoms with Crippen molar-refractivity contribution in [2.75, 3.05) is 18.1 Å². The summed E-state index contributed by atoms with van der Waals surface area (Å²) in [5.74, 6) is 1.51. The van der Waals surface area contributed by atoms with E-state index >= 15 is 0 Å². The summed E-state index contributed by atoms with van der Waals surface area (Å²) >= 11 is 0. The average molecular weight is 267 g/mol. The summed E-state index contributed by atoms with van der Waals surface area (Å²) in [6.45, 7) is 9.32. The Balaban J connectivity index is 2.86. The summed E-state index contributed by atoms with van der Waals surface area (Å²) in [6.07, 6.45) is 0.984. The Hall–Kier alpha value is -0.670. The molecule has 0 aliphatic heterocycles. The fraction of sp³-hybridized carbons (Fsp3) is 0.600. The molecule has 0 fully saturated rings. The minimum absolute atomic E-state index is 0.211. The third-order valence-corrected chi connectivity index (χ3v) is 4.60. The monoisotopic (exact) mass is 267 g/mol. The van der Waals surface area contributed by atoms with Crippen LogP contribution in [0.15, 0.2) is 18.2 Å². The zero-order chi connectivity index (χ0) is 13.5. The Bertz CT molecular complexity index is 403. The normalized spacial score (nSPS) is 14.4. The molecule has 102 valence electrons. The second-order valence-corrected chi connectivity index (χ2v) is 6.40. The maximum Gasteiger partial charge on any atom is 0.0439 e. The number of aryl methyl sites for hydroxylation is 2. The highest BCUT2D eigenvalue weighted by molar-refractivity contribution is 7.85. The van der Waals surface area contributed by atoms with E-state index in [0.717, 1.165) is 18.7 Å². The first-order chi connectivity index (χ1) is 8.58. The Morgan fingerprint density at radius 3 is 2.56 bits per heavy atom. The summed E-state index contributed by atoms with van der Waals surface area (Å²) in [4.78, 5) is 0. The van der Waals surface area contributed by atoms with Crippen LogP contribution < -0.4 is 5.32 Å². The van der Waals surface area contributed by atoms with Crippen LogP contribution in [0.5, 0.6) is 0 Å². The molecule has 0 aliphatic carbocycles. The zero-order valence-corrected chi connectivity index (χ0v) is 12.8. The highest BCUT2D eigenvalue weighted by Gasteiger charge is 2.15. The van der Waals surface area contributed by atoms with Crippen molar-refractivity contribution in [2.24, 2.45) is 0 Å². The molecule has 2 unspecified atom stereocenters. The lowest BCUT2D eigenvalue weighted by molar-refractivity contribution is 0.591. The Kier molecular flexibility index (Phi) is 6.58. The SMILES string of the molecule is CCCS(=O)CC(NCC)c1ccc(C)cc1C. The Morgan fingerprint density at radius 1 is 1.28 bits per heavy atom. The van der Waals surface area contributed by atoms with E-state index in [-0.39, 0.29) is 6.04 Å². The lowest BCUT2D eigenvalue weighted by Crippen LogP contribution is -2.27. The first-order valence-electron chi connectivity index (χ1n) is 6.74. The molecule has 0 saturated carbocycles. The van der Waals surface area contributed by atoms with Gasteiger partial charge in [-0.25, -0.2) is 0 Å². The average Bonchev–Trinajstić information content (AvgIpc) is 2.29. The van der Waals surface area contributed by atoms with Gasteiger partial charge in [0, 0.05) is 28.3 Å². The Labute approximate surface area is 114 Å². The van der Waals surface area contributed by atoms with Crippen LogP contribution >= 0.6 is 0 Å². The molecule has 18 heavy (non-hydrogen) atoms. The van der Waals surface area contributed by atoms with Crippen LogP contribution in [0.3, 0.4) is 0 Å². The van der Waals surface area contributed by atoms with Gasteiger partial charge in [-0.2, -0.15) is 0 Å². The van der Waals surface area contributed by atoms with Crippen molar-refractivity contribution in [1.82, 2.24) is 5.32 Å². The van der Waals surface area contributed by atoms with E-state index in [0.29, 0.717) is 5.75 Å². The second-order valence-electron chi connectivity index (χ2n) is 4.78. The van der Waals surface area contributed by atoms with Crippen LogP contribution in [0, 0.1) is 13.8 Å². The predicted octanol–water partition coefficient (Wildman–Crippen LogP) is 3.11. The highest BCUT2D eigenvalue weighted by atomic mass is 32.2. The molecule has 0 aromatic heterocycles. The molecule has 1 aromatic carbocycles. The van der Waals surface area contributed by atoms with E-state index in [2.05, 4.69) is 51.2 Å². The van der Waals surface area contributed by atoms with Gasteiger partial charge in [0.1, 0.15) is 0 Å². The van der Waals surface area contributed by atoms with Gasteiger partial charge in [0.2, 0.25) is 0 Å². The van der Waals surface area contributed by atoms with E-state index in [4.69, 9.17) is 0 Å². The van der Waals surface area contributed by atoms with Crippen LogP contribution in [0.25, 0.3) is 0 Å². The molecular weight excluding hydrogens is 242 g/mol. The van der Waals surface area contributed by atoms with Gasteiger partial charge in [-0.15, -0.1) is 0 Å². The van der Waals surface area contributed by atoms with Crippen LogP contribution in [0.2, 0.25) is 0 Å². The molecule has 0 amide bonds. The summed E-state index contributed by atoms with van der Waals surface area (Å²) < 4.78 is 12.0. The van der Waals surface area contributed by atoms with Crippen LogP contribution in [-0.2, 0) is 10.8 Å². The molecule has 0 spiro atoms. The highest BCUT2D eigenvalue weighted by Crippen LogP contribution is 2.20. The van der Waals surface area contributed by atoms with Crippen LogP contribution in [-0.4, -0.2) is 22.3 Å². The van der Waals surface area contributed by atoms with Crippen molar-refractivity contribution in [2.45, 2.75) is 40.2 Å². The molecule has 1 rings (SSSR count). The molecular formula is C15H25NOS. The van der Waals surface area contributed by atoms with Gasteiger partial charge >= 0.3 is 0 Å². The number of hydrogen-bond acceptors (Lipinski definition) is 2. The minimum atomic E-state index is -0.728. The molecule has 0 heterocycles. The summed E-state index contributed by atoms with van der Waals surface area (Å²) in [5.41, 5.74) is 3.85. The second kappa shape index (κ2) is 7.70. The number of nitrogens with one attached hydrogen (secondary N) is 1. The van der Waals surface area contributed by atoms with Crippen molar-refractivity contribution in [3.05, 3.63) is 34.9 Å². The number of rotatable bonds is 7. The van der Waals surface area contributed by atoms with Crippen molar-refractivity contribution in [3.63, 3.8) is 0 Å². The number of hydrogen-bond donors (Lipinski definition) is 1. The standard InChI is InChI=1S/C15H25NOS/c1-5-9-18(17)11-15(16-6-2)14-8-7-12(3)10-13(14)4/h7-8,10,15-16H,5-6,9,11H2,1-4H3. The molecule has 0 aliphatic rings. The van der Waals surface area contributed by atoms with Gasteiger partial charge in [-0.3, -0.25) is 4.21 Å². The third kappa shape index (κ3) is 4.54. The van der Waals surface area contributed by atoms with Gasteiger partial charge in [0.05, 0.1) is 0 Å². The molecule has 2 atom stereocenters. The topological polar surface area (TPSA) is 29.1 Å². The molecule has 0 radical (unpaired) electrons. The van der Waals surface area contributed by atoms with Gasteiger partial charge in [-0.1, -0.05) is 37.6 Å². The van der Waals surface area contributed by atoms with Crippen LogP contribution in [0.1, 0.15) is 43.0 Å². The van der Waals surface area contributed by atoms with Gasteiger partial charge in [0.15, 0.2) is 0 Å². The van der Waals surface area contributed by atoms with Gasteiger partial charge in [0.25, 0.3) is 0 Å². The van der Waals surface area contributed by atoms with Crippen molar-refractivity contribution in [3.8, 4) is 0 Å². The molecule has 1 N–H and O–H groups in total. The fourth-order valence-corrected chi connectivity index (χ4v) is 3.51. The van der Waals surface area contributed by atoms with E-state index in [9.17, 15) is 4.21 Å². The third-order valence-electron chi connectivity index (χ3n) is 3.04. The first-order valence-corrected chi connectivity index (χ1v) is 8.22. The van der Waals surface area contributed by atoms with Crippen LogP contribution in [0.4, 0.5) is 0 Å². The van der Waals surface area contributed by atoms with E-state index in [1.807, 2.05) is 0 Å².